The Morgan fingerprint density at radius 2 is 2.04 bits per heavy atom. The lowest BCUT2D eigenvalue weighted by Gasteiger charge is -2.13. The molecule has 25 heavy (non-hydrogen) atoms. The summed E-state index contributed by atoms with van der Waals surface area (Å²) in [6.07, 6.45) is 0.694. The van der Waals surface area contributed by atoms with Crippen LogP contribution in [0.4, 0.5) is 0 Å². The van der Waals surface area contributed by atoms with Gasteiger partial charge in [-0.1, -0.05) is 41.3 Å². The molecule has 130 valence electrons. The topological polar surface area (TPSA) is 59.2 Å². The number of hydrogen-bond donors (Lipinski definition) is 0. The number of hydrogen-bond acceptors (Lipinski definition) is 5. The number of aromatic nitrogens is 2. The fourth-order valence-corrected chi connectivity index (χ4v) is 3.51. The van der Waals surface area contributed by atoms with Gasteiger partial charge in [-0.25, -0.2) is 0 Å². The third-order valence-electron chi connectivity index (χ3n) is 3.57. The molecule has 0 saturated carbocycles. The van der Waals surface area contributed by atoms with Crippen LogP contribution in [0.2, 0.25) is 10.0 Å². The maximum atomic E-state index is 12.6. The van der Waals surface area contributed by atoms with E-state index in [9.17, 15) is 4.79 Å². The van der Waals surface area contributed by atoms with Gasteiger partial charge in [0.25, 0.3) is 5.91 Å². The lowest BCUT2D eigenvalue weighted by atomic mass is 10.2. The zero-order valence-electron chi connectivity index (χ0n) is 13.6. The largest absolute Gasteiger partial charge is 0.337 e. The van der Waals surface area contributed by atoms with Crippen LogP contribution in [0.3, 0.4) is 0 Å². The Kier molecular flexibility index (Phi) is 5.42. The molecule has 1 amide bonds. The van der Waals surface area contributed by atoms with Crippen LogP contribution >= 0.6 is 34.5 Å². The van der Waals surface area contributed by atoms with Crippen molar-refractivity contribution in [1.29, 1.82) is 0 Å². The molecule has 1 aromatic carbocycles. The van der Waals surface area contributed by atoms with Crippen molar-refractivity contribution in [3.8, 4) is 10.4 Å². The maximum Gasteiger partial charge on any atom is 0.264 e. The lowest BCUT2D eigenvalue weighted by Crippen LogP contribution is -2.25. The molecule has 0 unspecified atom stereocenters. The molecule has 3 rings (SSSR count). The van der Waals surface area contributed by atoms with E-state index in [1.54, 1.807) is 30.1 Å². The summed E-state index contributed by atoms with van der Waals surface area (Å²) in [5, 5.41) is 4.82. The molecule has 3 aromatic rings. The zero-order valence-corrected chi connectivity index (χ0v) is 16.0. The van der Waals surface area contributed by atoms with Crippen molar-refractivity contribution in [2.45, 2.75) is 19.9 Å². The van der Waals surface area contributed by atoms with Gasteiger partial charge in [-0.15, -0.1) is 11.3 Å². The monoisotopic (exact) mass is 395 g/mol. The minimum absolute atomic E-state index is 0.104. The minimum atomic E-state index is -0.104. The van der Waals surface area contributed by atoms with Gasteiger partial charge in [0.05, 0.1) is 14.9 Å². The summed E-state index contributed by atoms with van der Waals surface area (Å²) in [6.45, 7) is 2.21. The fourth-order valence-electron chi connectivity index (χ4n) is 2.22. The van der Waals surface area contributed by atoms with Crippen molar-refractivity contribution in [2.24, 2.45) is 0 Å². The summed E-state index contributed by atoms with van der Waals surface area (Å²) in [5.41, 5.74) is 0.922. The van der Waals surface area contributed by atoms with Gasteiger partial charge in [-0.2, -0.15) is 4.98 Å². The van der Waals surface area contributed by atoms with Crippen LogP contribution in [0.1, 0.15) is 28.3 Å². The zero-order chi connectivity index (χ0) is 18.0. The van der Waals surface area contributed by atoms with Crippen LogP contribution in [0, 0.1) is 0 Å². The van der Waals surface area contributed by atoms with Crippen molar-refractivity contribution >= 4 is 40.4 Å². The number of amides is 1. The Morgan fingerprint density at radius 3 is 2.72 bits per heavy atom. The van der Waals surface area contributed by atoms with E-state index in [1.165, 1.54) is 11.3 Å². The third kappa shape index (κ3) is 4.03. The Labute approximate surface area is 159 Å². The summed E-state index contributed by atoms with van der Waals surface area (Å²) < 4.78 is 5.13. The average molecular weight is 396 g/mol. The van der Waals surface area contributed by atoms with Gasteiger partial charge in [-0.3, -0.25) is 4.79 Å². The van der Waals surface area contributed by atoms with E-state index in [-0.39, 0.29) is 12.5 Å². The first-order valence-electron chi connectivity index (χ1n) is 7.60. The van der Waals surface area contributed by atoms with Crippen LogP contribution in [-0.2, 0) is 13.0 Å². The third-order valence-corrected chi connectivity index (χ3v) is 5.43. The van der Waals surface area contributed by atoms with E-state index in [0.717, 1.165) is 10.4 Å². The summed E-state index contributed by atoms with van der Waals surface area (Å²) in [4.78, 5) is 19.9. The number of thiophene rings is 1. The summed E-state index contributed by atoms with van der Waals surface area (Å²) >= 11 is 13.4. The molecule has 0 spiro atoms. The first kappa shape index (κ1) is 17.9. The number of halogens is 2. The fraction of sp³-hybridized carbons (Fsp3) is 0.235. The van der Waals surface area contributed by atoms with Gasteiger partial charge in [0.15, 0.2) is 5.82 Å². The van der Waals surface area contributed by atoms with Crippen LogP contribution in [0.15, 0.2) is 34.9 Å². The molecule has 0 fully saturated rings. The number of rotatable bonds is 5. The molecular weight excluding hydrogens is 381 g/mol. The Morgan fingerprint density at radius 1 is 1.24 bits per heavy atom. The van der Waals surface area contributed by atoms with Gasteiger partial charge < -0.3 is 9.42 Å². The maximum absolute atomic E-state index is 12.6. The molecular formula is C17H15Cl2N3O2S. The second kappa shape index (κ2) is 7.56. The highest BCUT2D eigenvalue weighted by Crippen LogP contribution is 2.33. The van der Waals surface area contributed by atoms with Crippen molar-refractivity contribution < 1.29 is 9.32 Å². The quantitative estimate of drug-likeness (QED) is 0.613. The predicted octanol–water partition coefficient (Wildman–Crippen LogP) is 4.94. The minimum Gasteiger partial charge on any atom is -0.337 e. The van der Waals surface area contributed by atoms with Crippen LogP contribution < -0.4 is 0 Å². The number of nitrogens with zero attached hydrogens (tertiary/aromatic N) is 3. The van der Waals surface area contributed by atoms with E-state index >= 15 is 0 Å². The Hall–Kier alpha value is -1.89. The van der Waals surface area contributed by atoms with Gasteiger partial charge >= 0.3 is 0 Å². The normalized spacial score (nSPS) is 10.9. The molecule has 2 aromatic heterocycles. The molecule has 0 bridgehead atoms. The molecule has 0 aliphatic heterocycles. The summed E-state index contributed by atoms with van der Waals surface area (Å²) in [7, 11) is 1.71. The molecule has 0 atom stereocenters. The highest BCUT2D eigenvalue weighted by Gasteiger charge is 2.18. The predicted molar refractivity (Wildman–Crippen MR) is 99.2 cm³/mol. The van der Waals surface area contributed by atoms with Crippen molar-refractivity contribution in [3.05, 3.63) is 57.0 Å². The number of carbonyl (C=O) groups excluding carboxylic acids is 1. The molecule has 0 aliphatic rings. The van der Waals surface area contributed by atoms with E-state index in [4.69, 9.17) is 27.7 Å². The van der Waals surface area contributed by atoms with Crippen LogP contribution in [-0.4, -0.2) is 28.0 Å². The molecule has 8 heteroatoms. The van der Waals surface area contributed by atoms with E-state index < -0.39 is 0 Å². The second-order valence-corrected chi connectivity index (χ2v) is 7.31. The van der Waals surface area contributed by atoms with Gasteiger partial charge in [0.2, 0.25) is 5.89 Å². The van der Waals surface area contributed by atoms with E-state index in [0.29, 0.717) is 33.1 Å². The van der Waals surface area contributed by atoms with Crippen molar-refractivity contribution in [2.75, 3.05) is 7.05 Å². The SMILES string of the molecule is CCc1noc(CN(C)C(=O)c2ccc(-c3ccc(Cl)c(Cl)c3)s2)n1. The first-order valence-corrected chi connectivity index (χ1v) is 9.17. The molecule has 2 heterocycles. The van der Waals surface area contributed by atoms with Crippen LogP contribution in [0.25, 0.3) is 10.4 Å². The number of carbonyl (C=O) groups is 1. The smallest absolute Gasteiger partial charge is 0.264 e. The molecule has 0 aliphatic carbocycles. The first-order chi connectivity index (χ1) is 12.0. The highest BCUT2D eigenvalue weighted by molar-refractivity contribution is 7.17. The lowest BCUT2D eigenvalue weighted by molar-refractivity contribution is 0.0774. The molecule has 0 saturated heterocycles. The van der Waals surface area contributed by atoms with Gasteiger partial charge in [0, 0.05) is 18.3 Å². The number of benzene rings is 1. The molecule has 0 radical (unpaired) electrons. The Balaban J connectivity index is 1.74. The van der Waals surface area contributed by atoms with Crippen molar-refractivity contribution in [1.82, 2.24) is 15.0 Å². The molecule has 0 N–H and O–H groups in total. The average Bonchev–Trinajstić information content (AvgIpc) is 3.26. The summed E-state index contributed by atoms with van der Waals surface area (Å²) in [5.74, 6) is 0.954. The van der Waals surface area contributed by atoms with Crippen molar-refractivity contribution in [3.63, 3.8) is 0 Å². The standard InChI is InChI=1S/C17H15Cl2N3O2S/c1-3-15-20-16(24-21-15)9-22(2)17(23)14-7-6-13(25-14)10-4-5-11(18)12(19)8-10/h4-8H,3,9H2,1-2H3. The molecule has 5 nitrogen and oxygen atoms in total. The van der Waals surface area contributed by atoms with Gasteiger partial charge in [0.1, 0.15) is 6.54 Å². The highest BCUT2D eigenvalue weighted by atomic mass is 35.5. The van der Waals surface area contributed by atoms with E-state index in [2.05, 4.69) is 10.1 Å². The van der Waals surface area contributed by atoms with Gasteiger partial charge in [-0.05, 0) is 29.8 Å². The summed E-state index contributed by atoms with van der Waals surface area (Å²) in [6, 6.07) is 9.11. The van der Waals surface area contributed by atoms with E-state index in [1.807, 2.05) is 19.1 Å². The number of aryl methyl sites for hydroxylation is 1. The van der Waals surface area contributed by atoms with Crippen LogP contribution in [0.5, 0.6) is 0 Å². The Bertz CT molecular complexity index is 907. The second-order valence-electron chi connectivity index (χ2n) is 5.41.